The van der Waals surface area contributed by atoms with E-state index in [0.29, 0.717) is 5.56 Å². The minimum Gasteiger partial charge on any atom is -0.508 e. The van der Waals surface area contributed by atoms with E-state index in [1.807, 2.05) is 0 Å². The Kier molecular flexibility index (Phi) is 3.67. The summed E-state index contributed by atoms with van der Waals surface area (Å²) in [7, 11) is 0. The number of halogens is 1. The summed E-state index contributed by atoms with van der Waals surface area (Å²) in [5.74, 6) is -1.30. The van der Waals surface area contributed by atoms with Gasteiger partial charge in [0.05, 0.1) is 17.0 Å². The number of amides is 1. The van der Waals surface area contributed by atoms with Crippen molar-refractivity contribution >= 4 is 22.8 Å². The average Bonchev–Trinajstić information content (AvgIpc) is 3.02. The number of anilines is 1. The van der Waals surface area contributed by atoms with Crippen molar-refractivity contribution < 1.29 is 18.7 Å². The van der Waals surface area contributed by atoms with Gasteiger partial charge in [-0.3, -0.25) is 14.5 Å². The lowest BCUT2D eigenvalue weighted by Crippen LogP contribution is -2.31. The predicted octanol–water partition coefficient (Wildman–Crippen LogP) is 3.18. The summed E-state index contributed by atoms with van der Waals surface area (Å²) in [6.45, 7) is 0. The molecule has 1 amide bonds. The molecule has 2 aromatic heterocycles. The second-order valence-electron chi connectivity index (χ2n) is 6.54. The summed E-state index contributed by atoms with van der Waals surface area (Å²) in [5, 5.41) is 9.96. The van der Waals surface area contributed by atoms with Gasteiger partial charge in [-0.25, -0.2) is 14.4 Å². The van der Waals surface area contributed by atoms with Crippen molar-refractivity contribution in [2.45, 2.75) is 6.04 Å². The highest BCUT2D eigenvalue weighted by Gasteiger charge is 2.45. The van der Waals surface area contributed by atoms with Crippen molar-refractivity contribution in [3.8, 4) is 5.75 Å². The molecule has 8 heteroatoms. The number of hydrogen-bond donors (Lipinski definition) is 1. The van der Waals surface area contributed by atoms with Crippen LogP contribution in [0.2, 0.25) is 0 Å². The molecule has 142 valence electrons. The van der Waals surface area contributed by atoms with Gasteiger partial charge < -0.3 is 9.52 Å². The van der Waals surface area contributed by atoms with E-state index in [0.717, 1.165) is 12.1 Å². The van der Waals surface area contributed by atoms with Gasteiger partial charge in [-0.15, -0.1) is 0 Å². The SMILES string of the molecule is O=C1c2oc3ccc(F)cc3c(=O)c2C(c2cccc(O)c2)N1c1ncccn1. The van der Waals surface area contributed by atoms with Crippen LogP contribution in [0, 0.1) is 5.82 Å². The topological polar surface area (TPSA) is 96.5 Å². The highest BCUT2D eigenvalue weighted by molar-refractivity contribution is 6.09. The zero-order chi connectivity index (χ0) is 20.1. The zero-order valence-corrected chi connectivity index (χ0v) is 14.7. The fourth-order valence-electron chi connectivity index (χ4n) is 3.58. The number of rotatable bonds is 2. The van der Waals surface area contributed by atoms with Gasteiger partial charge in [0.25, 0.3) is 5.91 Å². The number of carbonyl (C=O) groups is 1. The summed E-state index contributed by atoms with van der Waals surface area (Å²) in [6.07, 6.45) is 2.94. The summed E-state index contributed by atoms with van der Waals surface area (Å²) < 4.78 is 19.5. The molecule has 1 unspecified atom stereocenters. The van der Waals surface area contributed by atoms with E-state index in [4.69, 9.17) is 4.42 Å². The van der Waals surface area contributed by atoms with Crippen LogP contribution in [0.4, 0.5) is 10.3 Å². The van der Waals surface area contributed by atoms with E-state index in [1.165, 1.54) is 35.5 Å². The van der Waals surface area contributed by atoms with Gasteiger partial charge in [-0.05, 0) is 42.0 Å². The molecule has 0 saturated heterocycles. The summed E-state index contributed by atoms with van der Waals surface area (Å²) in [4.78, 5) is 36.0. The number of carbonyl (C=O) groups excluding carboxylic acids is 1. The molecule has 0 spiro atoms. The van der Waals surface area contributed by atoms with Crippen LogP contribution in [0.15, 0.2) is 70.1 Å². The Bertz CT molecular complexity index is 1340. The number of aromatic nitrogens is 2. The Morgan fingerprint density at radius 3 is 2.59 bits per heavy atom. The van der Waals surface area contributed by atoms with E-state index in [1.54, 1.807) is 18.2 Å². The molecule has 0 saturated carbocycles. The lowest BCUT2D eigenvalue weighted by atomic mass is 9.98. The Morgan fingerprint density at radius 2 is 1.83 bits per heavy atom. The lowest BCUT2D eigenvalue weighted by Gasteiger charge is -2.23. The third kappa shape index (κ3) is 2.57. The first-order chi connectivity index (χ1) is 14.0. The summed E-state index contributed by atoms with van der Waals surface area (Å²) in [6, 6.07) is 10.4. The van der Waals surface area contributed by atoms with Crippen molar-refractivity contribution in [1.29, 1.82) is 0 Å². The van der Waals surface area contributed by atoms with Crippen molar-refractivity contribution in [3.63, 3.8) is 0 Å². The van der Waals surface area contributed by atoms with Crippen molar-refractivity contribution in [2.75, 3.05) is 4.90 Å². The Labute approximate surface area is 162 Å². The van der Waals surface area contributed by atoms with E-state index in [-0.39, 0.29) is 34.0 Å². The van der Waals surface area contributed by atoms with Crippen LogP contribution in [0.3, 0.4) is 0 Å². The molecule has 4 aromatic rings. The largest absolute Gasteiger partial charge is 0.508 e. The number of phenols is 1. The van der Waals surface area contributed by atoms with Crippen LogP contribution >= 0.6 is 0 Å². The minimum absolute atomic E-state index is 0.0255. The molecule has 0 fully saturated rings. The maximum absolute atomic E-state index is 13.7. The minimum atomic E-state index is -0.934. The molecule has 1 atom stereocenters. The van der Waals surface area contributed by atoms with Crippen LogP contribution in [-0.4, -0.2) is 21.0 Å². The van der Waals surface area contributed by atoms with Crippen molar-refractivity contribution in [3.05, 3.63) is 93.9 Å². The van der Waals surface area contributed by atoms with E-state index in [2.05, 4.69) is 9.97 Å². The van der Waals surface area contributed by atoms with E-state index in [9.17, 15) is 19.1 Å². The number of benzene rings is 2. The second kappa shape index (κ2) is 6.23. The fraction of sp³-hybridized carbons (Fsp3) is 0.0476. The Balaban J connectivity index is 1.84. The van der Waals surface area contributed by atoms with Gasteiger partial charge >= 0.3 is 0 Å². The van der Waals surface area contributed by atoms with E-state index < -0.39 is 23.2 Å². The highest BCUT2D eigenvalue weighted by Crippen LogP contribution is 2.40. The molecule has 2 aromatic carbocycles. The number of fused-ring (bicyclic) bond motifs is 2. The van der Waals surface area contributed by atoms with Crippen LogP contribution in [-0.2, 0) is 0 Å². The average molecular weight is 389 g/mol. The number of nitrogens with zero attached hydrogens (tertiary/aromatic N) is 3. The molecule has 0 radical (unpaired) electrons. The third-order valence-electron chi connectivity index (χ3n) is 4.79. The molecule has 1 N–H and O–H groups in total. The standard InChI is InChI=1S/C21H12FN3O4/c22-12-5-6-15-14(10-12)18(27)16-17(11-3-1-4-13(26)9-11)25(20(28)19(16)29-15)21-23-7-2-8-24-21/h1-10,17,26H. The number of phenolic OH excluding ortho intramolecular Hbond substituents is 1. The molecule has 3 heterocycles. The van der Waals surface area contributed by atoms with Gasteiger partial charge in [-0.2, -0.15) is 0 Å². The van der Waals surface area contributed by atoms with Crippen LogP contribution in [0.25, 0.3) is 11.0 Å². The fourth-order valence-corrected chi connectivity index (χ4v) is 3.58. The molecule has 0 aliphatic carbocycles. The van der Waals surface area contributed by atoms with Gasteiger partial charge in [0.2, 0.25) is 11.7 Å². The maximum atomic E-state index is 13.7. The molecule has 0 bridgehead atoms. The summed E-state index contributed by atoms with van der Waals surface area (Å²) >= 11 is 0. The quantitative estimate of drug-likeness (QED) is 0.566. The second-order valence-corrected chi connectivity index (χ2v) is 6.54. The first-order valence-electron chi connectivity index (χ1n) is 8.70. The van der Waals surface area contributed by atoms with Crippen molar-refractivity contribution in [1.82, 2.24) is 9.97 Å². The molecule has 5 rings (SSSR count). The molecular weight excluding hydrogens is 377 g/mol. The molecule has 7 nitrogen and oxygen atoms in total. The van der Waals surface area contributed by atoms with E-state index >= 15 is 0 Å². The predicted molar refractivity (Wildman–Crippen MR) is 101 cm³/mol. The Morgan fingerprint density at radius 1 is 1.03 bits per heavy atom. The van der Waals surface area contributed by atoms with Crippen LogP contribution in [0.1, 0.15) is 27.7 Å². The van der Waals surface area contributed by atoms with Crippen LogP contribution in [0.5, 0.6) is 5.75 Å². The monoisotopic (exact) mass is 389 g/mol. The highest BCUT2D eigenvalue weighted by atomic mass is 19.1. The van der Waals surface area contributed by atoms with Crippen molar-refractivity contribution in [2.24, 2.45) is 0 Å². The van der Waals surface area contributed by atoms with Gasteiger partial charge in [0.15, 0.2) is 5.43 Å². The molecule has 1 aliphatic heterocycles. The maximum Gasteiger partial charge on any atom is 0.297 e. The van der Waals surface area contributed by atoms with Gasteiger partial charge in [-0.1, -0.05) is 12.1 Å². The third-order valence-corrected chi connectivity index (χ3v) is 4.79. The molecule has 29 heavy (non-hydrogen) atoms. The first-order valence-corrected chi connectivity index (χ1v) is 8.70. The molecular formula is C21H12FN3O4. The lowest BCUT2D eigenvalue weighted by molar-refractivity contribution is 0.0969. The number of aromatic hydroxyl groups is 1. The van der Waals surface area contributed by atoms with Gasteiger partial charge in [0.1, 0.15) is 17.1 Å². The number of hydrogen-bond acceptors (Lipinski definition) is 6. The molecule has 1 aliphatic rings. The Hall–Kier alpha value is -4.07. The van der Waals surface area contributed by atoms with Crippen LogP contribution < -0.4 is 10.3 Å². The smallest absolute Gasteiger partial charge is 0.297 e. The van der Waals surface area contributed by atoms with Gasteiger partial charge in [0, 0.05) is 12.4 Å². The zero-order valence-electron chi connectivity index (χ0n) is 14.7. The summed E-state index contributed by atoms with van der Waals surface area (Å²) in [5.41, 5.74) is 0.0913. The normalized spacial score (nSPS) is 15.7. The first kappa shape index (κ1) is 17.1.